The summed E-state index contributed by atoms with van der Waals surface area (Å²) < 4.78 is 5.61. The van der Waals surface area contributed by atoms with E-state index in [1.54, 1.807) is 36.1 Å². The number of carbonyl (C=O) groups is 2. The smallest absolute Gasteiger partial charge is 0.373 e. The summed E-state index contributed by atoms with van der Waals surface area (Å²) in [6, 6.07) is 6.27. The van der Waals surface area contributed by atoms with Gasteiger partial charge in [-0.05, 0) is 37.1 Å². The fraction of sp³-hybridized carbons (Fsp3) is 0.368. The number of carboxylic acid groups (broad SMARTS) is 1. The molecule has 1 fully saturated rings. The van der Waals surface area contributed by atoms with Crippen molar-refractivity contribution in [3.63, 3.8) is 0 Å². The third-order valence-electron chi connectivity index (χ3n) is 4.81. The summed E-state index contributed by atoms with van der Waals surface area (Å²) in [5.41, 5.74) is 0.147. The van der Waals surface area contributed by atoms with E-state index in [1.807, 2.05) is 0 Å². The highest BCUT2D eigenvalue weighted by Crippen LogP contribution is 2.37. The zero-order valence-electron chi connectivity index (χ0n) is 15.8. The second kappa shape index (κ2) is 8.63. The van der Waals surface area contributed by atoms with Crippen LogP contribution < -0.4 is 9.64 Å². The van der Waals surface area contributed by atoms with E-state index in [4.69, 9.17) is 9.84 Å². The fourth-order valence-corrected chi connectivity index (χ4v) is 3.18. The van der Waals surface area contributed by atoms with Gasteiger partial charge in [0.05, 0.1) is 10.8 Å². The molecule has 0 amide bonds. The summed E-state index contributed by atoms with van der Waals surface area (Å²) in [5.74, 6) is -1.16. The van der Waals surface area contributed by atoms with Crippen LogP contribution in [0.15, 0.2) is 30.6 Å². The molecule has 2 heterocycles. The van der Waals surface area contributed by atoms with Crippen molar-refractivity contribution in [2.75, 3.05) is 18.0 Å². The number of nitrogens with zero attached hydrogens (tertiary/aromatic N) is 4. The number of ether oxygens (including phenoxy) is 1. The van der Waals surface area contributed by atoms with Crippen LogP contribution in [0.3, 0.4) is 0 Å². The van der Waals surface area contributed by atoms with Crippen molar-refractivity contribution in [2.24, 2.45) is 5.92 Å². The molecule has 0 unspecified atom stereocenters. The Balaban J connectivity index is 1.85. The Labute approximate surface area is 166 Å². The Morgan fingerprint density at radius 2 is 1.90 bits per heavy atom. The monoisotopic (exact) mass is 400 g/mol. The van der Waals surface area contributed by atoms with Crippen LogP contribution in [0, 0.1) is 16.0 Å². The third-order valence-corrected chi connectivity index (χ3v) is 4.81. The minimum atomic E-state index is -0.865. The van der Waals surface area contributed by atoms with E-state index in [-0.39, 0.29) is 23.2 Å². The molecule has 0 bridgehead atoms. The average Bonchev–Trinajstić information content (AvgIpc) is 2.73. The summed E-state index contributed by atoms with van der Waals surface area (Å²) in [5, 5.41) is 20.8. The highest BCUT2D eigenvalue weighted by atomic mass is 16.6. The number of ketones is 1. The van der Waals surface area contributed by atoms with Gasteiger partial charge >= 0.3 is 17.5 Å². The quantitative estimate of drug-likeness (QED) is 0.422. The van der Waals surface area contributed by atoms with Gasteiger partial charge < -0.3 is 14.7 Å². The van der Waals surface area contributed by atoms with Gasteiger partial charge in [0, 0.05) is 25.1 Å². The van der Waals surface area contributed by atoms with Crippen LogP contribution in [-0.4, -0.2) is 44.8 Å². The third kappa shape index (κ3) is 4.48. The number of hydrogen-bond donors (Lipinski definition) is 1. The summed E-state index contributed by atoms with van der Waals surface area (Å²) in [4.78, 5) is 43.6. The van der Waals surface area contributed by atoms with Crippen molar-refractivity contribution in [1.29, 1.82) is 0 Å². The number of piperidine rings is 1. The molecule has 0 atom stereocenters. The maximum Gasteiger partial charge on any atom is 0.373 e. The van der Waals surface area contributed by atoms with Gasteiger partial charge in [-0.15, -0.1) is 0 Å². The molecule has 0 spiro atoms. The number of carboxylic acids is 1. The van der Waals surface area contributed by atoms with Crippen LogP contribution in [0.25, 0.3) is 0 Å². The summed E-state index contributed by atoms with van der Waals surface area (Å²) in [6.45, 7) is 2.43. The predicted octanol–water partition coefficient (Wildman–Crippen LogP) is 3.07. The van der Waals surface area contributed by atoms with E-state index in [0.29, 0.717) is 43.7 Å². The molecule has 0 saturated carbocycles. The van der Waals surface area contributed by atoms with Gasteiger partial charge in [-0.3, -0.25) is 19.7 Å². The van der Waals surface area contributed by atoms with Gasteiger partial charge in [-0.25, -0.2) is 4.98 Å². The van der Waals surface area contributed by atoms with Gasteiger partial charge in [0.2, 0.25) is 5.82 Å². The summed E-state index contributed by atoms with van der Waals surface area (Å²) in [7, 11) is 0. The first-order valence-electron chi connectivity index (χ1n) is 9.19. The number of rotatable bonds is 7. The van der Waals surface area contributed by atoms with Crippen LogP contribution in [0.1, 0.15) is 36.5 Å². The molecule has 1 aliphatic heterocycles. The zero-order chi connectivity index (χ0) is 21.0. The molecule has 1 aromatic heterocycles. The van der Waals surface area contributed by atoms with Crippen molar-refractivity contribution in [3.8, 4) is 11.6 Å². The lowest BCUT2D eigenvalue weighted by Gasteiger charge is -2.30. The molecular weight excluding hydrogens is 380 g/mol. The van der Waals surface area contributed by atoms with Crippen molar-refractivity contribution >= 4 is 23.3 Å². The highest BCUT2D eigenvalue weighted by Gasteiger charge is 2.32. The van der Waals surface area contributed by atoms with E-state index in [2.05, 4.69) is 9.97 Å². The highest BCUT2D eigenvalue weighted by molar-refractivity contribution is 5.95. The average molecular weight is 400 g/mol. The Bertz CT molecular complexity index is 923. The normalized spacial score (nSPS) is 14.4. The van der Waals surface area contributed by atoms with Crippen LogP contribution in [0.5, 0.6) is 11.6 Å². The molecule has 2 aromatic rings. The molecule has 1 saturated heterocycles. The molecule has 3 rings (SSSR count). The van der Waals surface area contributed by atoms with E-state index >= 15 is 0 Å². The van der Waals surface area contributed by atoms with Gasteiger partial charge in [0.25, 0.3) is 0 Å². The van der Waals surface area contributed by atoms with Crippen molar-refractivity contribution in [1.82, 2.24) is 9.97 Å². The van der Waals surface area contributed by atoms with Gasteiger partial charge in [-0.1, -0.05) is 6.92 Å². The Morgan fingerprint density at radius 1 is 1.24 bits per heavy atom. The zero-order valence-corrected chi connectivity index (χ0v) is 15.8. The second-order valence-corrected chi connectivity index (χ2v) is 6.61. The number of benzene rings is 1. The molecule has 1 aromatic carbocycles. The van der Waals surface area contributed by atoms with Crippen LogP contribution in [0.2, 0.25) is 0 Å². The van der Waals surface area contributed by atoms with E-state index in [0.717, 1.165) is 0 Å². The first kappa shape index (κ1) is 20.2. The largest absolute Gasteiger partial charge is 0.481 e. The molecule has 1 aliphatic rings. The maximum absolute atomic E-state index is 11.7. The lowest BCUT2D eigenvalue weighted by atomic mass is 9.97. The van der Waals surface area contributed by atoms with Gasteiger partial charge in [0.15, 0.2) is 5.78 Å². The van der Waals surface area contributed by atoms with Crippen LogP contribution in [0.4, 0.5) is 11.5 Å². The molecule has 0 radical (unpaired) electrons. The minimum Gasteiger partial charge on any atom is -0.481 e. The molecule has 10 nitrogen and oxygen atoms in total. The van der Waals surface area contributed by atoms with Crippen LogP contribution >= 0.6 is 0 Å². The standard InChI is InChI=1S/C19H20N4O6/c1-2-15(24)12-3-5-14(6-4-12)29-18-16(23(27)28)17(20-11-21-18)22-9-7-13(8-10-22)19(25)26/h3-6,11,13H,2,7-10H2,1H3,(H,25,26). The Morgan fingerprint density at radius 3 is 2.45 bits per heavy atom. The molecule has 10 heteroatoms. The van der Waals surface area contributed by atoms with Crippen LogP contribution in [-0.2, 0) is 4.79 Å². The Hall–Kier alpha value is -3.56. The van der Waals surface area contributed by atoms with Crippen molar-refractivity contribution < 1.29 is 24.4 Å². The number of carbonyl (C=O) groups excluding carboxylic acids is 1. The molecular formula is C19H20N4O6. The summed E-state index contributed by atoms with van der Waals surface area (Å²) in [6.07, 6.45) is 2.30. The maximum atomic E-state index is 11.7. The Kier molecular flexibility index (Phi) is 6.01. The number of hydrogen-bond acceptors (Lipinski definition) is 8. The topological polar surface area (TPSA) is 136 Å². The number of anilines is 1. The van der Waals surface area contributed by atoms with Crippen molar-refractivity contribution in [3.05, 3.63) is 46.3 Å². The predicted molar refractivity (Wildman–Crippen MR) is 102 cm³/mol. The number of aliphatic carboxylic acids is 1. The lowest BCUT2D eigenvalue weighted by molar-refractivity contribution is -0.385. The first-order valence-corrected chi connectivity index (χ1v) is 9.19. The lowest BCUT2D eigenvalue weighted by Crippen LogP contribution is -2.37. The first-order chi connectivity index (χ1) is 13.9. The van der Waals surface area contributed by atoms with E-state index in [9.17, 15) is 19.7 Å². The van der Waals surface area contributed by atoms with Crippen molar-refractivity contribution in [2.45, 2.75) is 26.2 Å². The molecule has 152 valence electrons. The molecule has 1 N–H and O–H groups in total. The number of nitro groups is 1. The number of Topliss-reactive ketones (excluding diaryl/α,β-unsaturated/α-hetero) is 1. The van der Waals surface area contributed by atoms with Gasteiger partial charge in [-0.2, -0.15) is 4.98 Å². The molecule has 0 aliphatic carbocycles. The van der Waals surface area contributed by atoms with Gasteiger partial charge in [0.1, 0.15) is 12.1 Å². The number of aromatic nitrogens is 2. The van der Waals surface area contributed by atoms with E-state index < -0.39 is 16.8 Å². The fourth-order valence-electron chi connectivity index (χ4n) is 3.18. The minimum absolute atomic E-state index is 0.0170. The SMILES string of the molecule is CCC(=O)c1ccc(Oc2ncnc(N3CCC(C(=O)O)CC3)c2[N+](=O)[O-])cc1. The molecule has 29 heavy (non-hydrogen) atoms. The second-order valence-electron chi connectivity index (χ2n) is 6.61. The van der Waals surface area contributed by atoms with E-state index in [1.165, 1.54) is 6.33 Å². The summed E-state index contributed by atoms with van der Waals surface area (Å²) >= 11 is 0.